The third-order valence-corrected chi connectivity index (χ3v) is 7.16. The number of piperidine rings is 1. The molecule has 5 heterocycles. The number of carbonyl (C=O) groups is 1. The highest BCUT2D eigenvalue weighted by atomic mass is 16.6. The molecule has 0 N–H and O–H groups in total. The van der Waals surface area contributed by atoms with Crippen LogP contribution in [-0.4, -0.2) is 43.2 Å². The molecule has 4 fully saturated rings. The molecule has 3 aromatic rings. The van der Waals surface area contributed by atoms with E-state index in [-0.39, 0.29) is 24.0 Å². The second kappa shape index (κ2) is 7.52. The average molecular weight is 457 g/mol. The van der Waals surface area contributed by atoms with Crippen molar-refractivity contribution in [3.8, 4) is 17.5 Å². The van der Waals surface area contributed by atoms with Gasteiger partial charge in [-0.3, -0.25) is 9.78 Å². The second-order valence-corrected chi connectivity index (χ2v) is 10.8. The van der Waals surface area contributed by atoms with Gasteiger partial charge >= 0.3 is 5.97 Å². The van der Waals surface area contributed by atoms with Crippen LogP contribution in [-0.2, 0) is 9.53 Å². The minimum absolute atomic E-state index is 0.0553. The Morgan fingerprint density at radius 3 is 2.59 bits per heavy atom. The van der Waals surface area contributed by atoms with Crippen LogP contribution in [0.15, 0.2) is 30.7 Å². The number of pyridine rings is 1. The topological polar surface area (TPSA) is 96.4 Å². The van der Waals surface area contributed by atoms with Gasteiger partial charge in [0.2, 0.25) is 0 Å². The van der Waals surface area contributed by atoms with E-state index in [2.05, 4.69) is 27.1 Å². The van der Waals surface area contributed by atoms with Crippen molar-refractivity contribution in [3.05, 3.63) is 41.9 Å². The summed E-state index contributed by atoms with van der Waals surface area (Å²) in [7, 11) is 0. The highest BCUT2D eigenvalue weighted by Gasteiger charge is 2.49. The molecular formula is C26H28N6O2. The lowest BCUT2D eigenvalue weighted by atomic mass is 9.73. The van der Waals surface area contributed by atoms with Gasteiger partial charge in [0.25, 0.3) is 0 Å². The minimum atomic E-state index is -0.463. The summed E-state index contributed by atoms with van der Waals surface area (Å²) in [5.74, 6) is 1.31. The van der Waals surface area contributed by atoms with Crippen LogP contribution in [0.25, 0.3) is 16.9 Å². The van der Waals surface area contributed by atoms with E-state index in [1.165, 1.54) is 5.56 Å². The minimum Gasteiger partial charge on any atom is -0.460 e. The first-order chi connectivity index (χ1) is 16.3. The van der Waals surface area contributed by atoms with Crippen molar-refractivity contribution in [3.63, 3.8) is 0 Å². The van der Waals surface area contributed by atoms with Crippen LogP contribution in [0.4, 0.5) is 5.82 Å². The molecule has 0 spiro atoms. The molecule has 4 aliphatic rings. The summed E-state index contributed by atoms with van der Waals surface area (Å²) in [4.78, 5) is 24.4. The summed E-state index contributed by atoms with van der Waals surface area (Å²) in [6.07, 6.45) is 8.26. The normalized spacial score (nSPS) is 23.9. The number of nitriles is 1. The first-order valence-corrected chi connectivity index (χ1v) is 12.1. The van der Waals surface area contributed by atoms with Gasteiger partial charge in [-0.1, -0.05) is 0 Å². The standard InChI is InChI=1S/C26H28N6O2/c1-26(2,3)34-25(33)17-9-18-11-19(10-17)31(18)24-23-20(16-4-5-16)12-22(32(23)30-14-29-24)21-8-15(13-27)6-7-28-21/h6-8,12,14,16-19H,4-5,9-11H2,1-3H3. The summed E-state index contributed by atoms with van der Waals surface area (Å²) in [6.45, 7) is 5.76. The number of hydrogen-bond acceptors (Lipinski definition) is 7. The fourth-order valence-electron chi connectivity index (χ4n) is 5.57. The van der Waals surface area contributed by atoms with Crippen LogP contribution in [0.3, 0.4) is 0 Å². The Morgan fingerprint density at radius 1 is 1.15 bits per heavy atom. The zero-order valence-corrected chi connectivity index (χ0v) is 19.7. The monoisotopic (exact) mass is 456 g/mol. The van der Waals surface area contributed by atoms with Gasteiger partial charge in [0.05, 0.1) is 28.9 Å². The Kier molecular flexibility index (Phi) is 4.67. The lowest BCUT2D eigenvalue weighted by Gasteiger charge is -2.55. The van der Waals surface area contributed by atoms with Gasteiger partial charge in [0.1, 0.15) is 17.4 Å². The quantitative estimate of drug-likeness (QED) is 0.542. The molecule has 8 nitrogen and oxygen atoms in total. The molecular weight excluding hydrogens is 428 g/mol. The maximum Gasteiger partial charge on any atom is 0.309 e. The molecule has 174 valence electrons. The number of carbonyl (C=O) groups excluding carboxylic acids is 1. The summed E-state index contributed by atoms with van der Waals surface area (Å²) in [6, 6.07) is 8.45. The van der Waals surface area contributed by atoms with Crippen molar-refractivity contribution in [2.24, 2.45) is 5.92 Å². The molecule has 2 saturated carbocycles. The predicted molar refractivity (Wildman–Crippen MR) is 126 cm³/mol. The van der Waals surface area contributed by atoms with Crippen LogP contribution in [0, 0.1) is 17.2 Å². The molecule has 2 unspecified atom stereocenters. The van der Waals surface area contributed by atoms with E-state index < -0.39 is 5.60 Å². The third kappa shape index (κ3) is 3.51. The zero-order chi connectivity index (χ0) is 23.6. The molecule has 2 aliphatic carbocycles. The molecule has 3 aromatic heterocycles. The van der Waals surface area contributed by atoms with Gasteiger partial charge in [-0.15, -0.1) is 0 Å². The highest BCUT2D eigenvalue weighted by Crippen LogP contribution is 2.49. The van der Waals surface area contributed by atoms with Crippen LogP contribution in [0.2, 0.25) is 0 Å². The number of rotatable bonds is 4. The summed E-state index contributed by atoms with van der Waals surface area (Å²) in [5.41, 5.74) is 4.02. The number of ether oxygens (including phenoxy) is 1. The van der Waals surface area contributed by atoms with E-state index in [1.807, 2.05) is 31.4 Å². The number of aromatic nitrogens is 4. The Labute approximate surface area is 198 Å². The highest BCUT2D eigenvalue weighted by molar-refractivity contribution is 5.82. The van der Waals surface area contributed by atoms with Crippen LogP contribution >= 0.6 is 0 Å². The Morgan fingerprint density at radius 2 is 1.91 bits per heavy atom. The maximum absolute atomic E-state index is 12.7. The molecule has 2 aliphatic heterocycles. The van der Waals surface area contributed by atoms with Crippen LogP contribution in [0.1, 0.15) is 69.9 Å². The molecule has 2 atom stereocenters. The van der Waals surface area contributed by atoms with Crippen molar-refractivity contribution in [2.75, 3.05) is 4.90 Å². The number of esters is 1. The SMILES string of the molecule is CC(C)(C)OC(=O)C1CC2CC(C1)N2c1ncnn2c(-c3cc(C#N)ccn3)cc(C3CC3)c12. The number of hydrogen-bond donors (Lipinski definition) is 0. The molecule has 2 bridgehead atoms. The zero-order valence-electron chi connectivity index (χ0n) is 19.7. The largest absolute Gasteiger partial charge is 0.460 e. The Bertz CT molecular complexity index is 1320. The van der Waals surface area contributed by atoms with Crippen LogP contribution < -0.4 is 4.90 Å². The molecule has 7 rings (SSSR count). The number of fused-ring (bicyclic) bond motifs is 3. The van der Waals surface area contributed by atoms with E-state index in [1.54, 1.807) is 18.6 Å². The van der Waals surface area contributed by atoms with Gasteiger partial charge in [-0.2, -0.15) is 10.4 Å². The van der Waals surface area contributed by atoms with Crippen LogP contribution in [0.5, 0.6) is 0 Å². The number of nitrogens with zero attached hydrogens (tertiary/aromatic N) is 6. The molecule has 0 amide bonds. The van der Waals surface area contributed by atoms with Gasteiger partial charge in [0, 0.05) is 18.3 Å². The van der Waals surface area contributed by atoms with Gasteiger partial charge < -0.3 is 9.64 Å². The lowest BCUT2D eigenvalue weighted by molar-refractivity contribution is -0.162. The van der Waals surface area contributed by atoms with E-state index in [0.29, 0.717) is 11.5 Å². The smallest absolute Gasteiger partial charge is 0.309 e. The molecule has 0 aromatic carbocycles. The van der Waals surface area contributed by atoms with E-state index in [4.69, 9.17) is 9.72 Å². The number of anilines is 1. The van der Waals surface area contributed by atoms with Crippen molar-refractivity contribution in [2.45, 2.75) is 76.5 Å². The fraction of sp³-hybridized carbons (Fsp3) is 0.500. The summed E-state index contributed by atoms with van der Waals surface area (Å²) >= 11 is 0. The van der Waals surface area contributed by atoms with Crippen molar-refractivity contribution < 1.29 is 9.53 Å². The molecule has 2 saturated heterocycles. The Balaban J connectivity index is 1.37. The van der Waals surface area contributed by atoms with E-state index >= 15 is 0 Å². The van der Waals surface area contributed by atoms with Gasteiger partial charge in [-0.05, 0) is 82.6 Å². The molecule has 34 heavy (non-hydrogen) atoms. The first kappa shape index (κ1) is 21.1. The van der Waals surface area contributed by atoms with E-state index in [9.17, 15) is 10.1 Å². The summed E-state index contributed by atoms with van der Waals surface area (Å²) in [5, 5.41) is 14.0. The Hall–Kier alpha value is -3.47. The first-order valence-electron chi connectivity index (χ1n) is 12.1. The summed E-state index contributed by atoms with van der Waals surface area (Å²) < 4.78 is 7.61. The second-order valence-electron chi connectivity index (χ2n) is 10.8. The van der Waals surface area contributed by atoms with Gasteiger partial charge in [0.15, 0.2) is 5.82 Å². The maximum atomic E-state index is 12.7. The molecule has 8 heteroatoms. The van der Waals surface area contributed by atoms with E-state index in [0.717, 1.165) is 54.8 Å². The van der Waals surface area contributed by atoms with Crippen molar-refractivity contribution >= 4 is 17.3 Å². The third-order valence-electron chi connectivity index (χ3n) is 7.16. The predicted octanol–water partition coefficient (Wildman–Crippen LogP) is 4.24. The van der Waals surface area contributed by atoms with Crippen molar-refractivity contribution in [1.29, 1.82) is 5.26 Å². The molecule has 0 radical (unpaired) electrons. The van der Waals surface area contributed by atoms with Crippen molar-refractivity contribution in [1.82, 2.24) is 19.6 Å². The average Bonchev–Trinajstić information content (AvgIpc) is 3.58. The lowest BCUT2D eigenvalue weighted by Crippen LogP contribution is -2.62. The van der Waals surface area contributed by atoms with Gasteiger partial charge in [-0.25, -0.2) is 9.50 Å². The fourth-order valence-corrected chi connectivity index (χ4v) is 5.57.